The SMILES string of the molecule is CCC(CC(=O)NC1CCN(C)CC1)c1ccccc1Sc1ccc(Cl)cc1. The van der Waals surface area contributed by atoms with Gasteiger partial charge in [0.15, 0.2) is 0 Å². The zero-order chi connectivity index (χ0) is 19.9. The molecule has 0 spiro atoms. The van der Waals surface area contributed by atoms with Crippen molar-refractivity contribution in [2.45, 2.75) is 54.4 Å². The van der Waals surface area contributed by atoms with Gasteiger partial charge in [0.2, 0.25) is 5.91 Å². The fraction of sp³-hybridized carbons (Fsp3) is 0.435. The summed E-state index contributed by atoms with van der Waals surface area (Å²) in [7, 11) is 2.14. The second kappa shape index (κ2) is 10.3. The van der Waals surface area contributed by atoms with E-state index in [1.807, 2.05) is 24.3 Å². The number of halogens is 1. The minimum absolute atomic E-state index is 0.174. The molecule has 0 radical (unpaired) electrons. The fourth-order valence-electron chi connectivity index (χ4n) is 3.68. The van der Waals surface area contributed by atoms with Gasteiger partial charge < -0.3 is 10.2 Å². The van der Waals surface area contributed by atoms with Gasteiger partial charge in [-0.2, -0.15) is 0 Å². The molecule has 28 heavy (non-hydrogen) atoms. The molecule has 0 aromatic heterocycles. The highest BCUT2D eigenvalue weighted by molar-refractivity contribution is 7.99. The normalized spacial score (nSPS) is 16.7. The Labute approximate surface area is 177 Å². The summed E-state index contributed by atoms with van der Waals surface area (Å²) in [6, 6.07) is 16.7. The first kappa shape index (κ1) is 21.2. The van der Waals surface area contributed by atoms with Crippen LogP contribution in [-0.2, 0) is 4.79 Å². The molecule has 1 heterocycles. The number of hydrogen-bond donors (Lipinski definition) is 1. The van der Waals surface area contributed by atoms with Gasteiger partial charge in [-0.15, -0.1) is 0 Å². The maximum absolute atomic E-state index is 12.7. The molecule has 1 amide bonds. The summed E-state index contributed by atoms with van der Waals surface area (Å²) in [5.74, 6) is 0.398. The van der Waals surface area contributed by atoms with Crippen LogP contribution in [0.5, 0.6) is 0 Å². The minimum Gasteiger partial charge on any atom is -0.353 e. The second-order valence-electron chi connectivity index (χ2n) is 7.55. The van der Waals surface area contributed by atoms with Crippen molar-refractivity contribution in [2.24, 2.45) is 0 Å². The number of hydrogen-bond acceptors (Lipinski definition) is 3. The van der Waals surface area contributed by atoms with Gasteiger partial charge in [0.25, 0.3) is 0 Å². The molecule has 1 unspecified atom stereocenters. The monoisotopic (exact) mass is 416 g/mol. The highest BCUT2D eigenvalue weighted by atomic mass is 35.5. The highest BCUT2D eigenvalue weighted by Gasteiger charge is 2.22. The average Bonchev–Trinajstić information content (AvgIpc) is 2.70. The van der Waals surface area contributed by atoms with Crippen LogP contribution in [-0.4, -0.2) is 37.0 Å². The summed E-state index contributed by atoms with van der Waals surface area (Å²) in [6.45, 7) is 4.28. The molecule has 2 aromatic rings. The molecule has 5 heteroatoms. The van der Waals surface area contributed by atoms with Crippen LogP contribution in [0.3, 0.4) is 0 Å². The van der Waals surface area contributed by atoms with E-state index in [2.05, 4.69) is 48.5 Å². The van der Waals surface area contributed by atoms with Crippen LogP contribution in [0.1, 0.15) is 44.1 Å². The first-order valence-corrected chi connectivity index (χ1v) is 11.2. The van der Waals surface area contributed by atoms with Crippen molar-refractivity contribution in [2.75, 3.05) is 20.1 Å². The van der Waals surface area contributed by atoms with Crippen molar-refractivity contribution in [3.05, 3.63) is 59.1 Å². The number of piperidine rings is 1. The van der Waals surface area contributed by atoms with E-state index in [1.165, 1.54) is 10.5 Å². The molecule has 1 atom stereocenters. The van der Waals surface area contributed by atoms with Gasteiger partial charge in [-0.25, -0.2) is 0 Å². The van der Waals surface area contributed by atoms with Crippen molar-refractivity contribution in [3.63, 3.8) is 0 Å². The van der Waals surface area contributed by atoms with Gasteiger partial charge in [0, 0.05) is 27.3 Å². The molecule has 1 aliphatic rings. The number of nitrogens with one attached hydrogen (secondary N) is 1. The quantitative estimate of drug-likeness (QED) is 0.638. The zero-order valence-electron chi connectivity index (χ0n) is 16.7. The third-order valence-corrected chi connectivity index (χ3v) is 6.76. The molecule has 3 rings (SSSR count). The smallest absolute Gasteiger partial charge is 0.220 e. The lowest BCUT2D eigenvalue weighted by molar-refractivity contribution is -0.122. The molecule has 150 valence electrons. The highest BCUT2D eigenvalue weighted by Crippen LogP contribution is 2.36. The van der Waals surface area contributed by atoms with Crippen molar-refractivity contribution in [1.82, 2.24) is 10.2 Å². The Morgan fingerprint density at radius 1 is 1.18 bits per heavy atom. The number of nitrogens with zero attached hydrogens (tertiary/aromatic N) is 1. The molecule has 1 saturated heterocycles. The Bertz CT molecular complexity index is 772. The predicted octanol–water partition coefficient (Wildman–Crippen LogP) is 5.59. The number of amides is 1. The van der Waals surface area contributed by atoms with Gasteiger partial charge >= 0.3 is 0 Å². The van der Waals surface area contributed by atoms with Gasteiger partial charge in [-0.05, 0) is 81.2 Å². The van der Waals surface area contributed by atoms with E-state index in [-0.39, 0.29) is 11.8 Å². The van der Waals surface area contributed by atoms with Crippen LogP contribution in [0.2, 0.25) is 5.02 Å². The lowest BCUT2D eigenvalue weighted by atomic mass is 9.92. The van der Waals surface area contributed by atoms with Crippen molar-refractivity contribution < 1.29 is 4.79 Å². The standard InChI is InChI=1S/C23H29ClN2OS/c1-3-17(16-23(27)25-19-12-14-26(2)15-13-19)21-6-4-5-7-22(21)28-20-10-8-18(24)9-11-20/h4-11,17,19H,3,12-16H2,1-2H3,(H,25,27). The van der Waals surface area contributed by atoms with Crippen LogP contribution < -0.4 is 5.32 Å². The molecule has 2 aromatic carbocycles. The van der Waals surface area contributed by atoms with E-state index in [0.29, 0.717) is 12.5 Å². The summed E-state index contributed by atoms with van der Waals surface area (Å²) >= 11 is 7.74. The van der Waals surface area contributed by atoms with Crippen LogP contribution in [0.15, 0.2) is 58.3 Å². The Morgan fingerprint density at radius 2 is 1.86 bits per heavy atom. The molecule has 0 bridgehead atoms. The molecule has 1 N–H and O–H groups in total. The largest absolute Gasteiger partial charge is 0.353 e. The molecule has 1 fully saturated rings. The Hall–Kier alpha value is -1.49. The van der Waals surface area contributed by atoms with Crippen LogP contribution >= 0.6 is 23.4 Å². The Morgan fingerprint density at radius 3 is 2.54 bits per heavy atom. The molecule has 0 saturated carbocycles. The molecular weight excluding hydrogens is 388 g/mol. The first-order chi connectivity index (χ1) is 13.5. The fourth-order valence-corrected chi connectivity index (χ4v) is 4.83. The maximum Gasteiger partial charge on any atom is 0.220 e. The van der Waals surface area contributed by atoms with E-state index in [1.54, 1.807) is 11.8 Å². The lowest BCUT2D eigenvalue weighted by Gasteiger charge is -2.30. The van der Waals surface area contributed by atoms with E-state index < -0.39 is 0 Å². The summed E-state index contributed by atoms with van der Waals surface area (Å²) in [5.41, 5.74) is 1.25. The minimum atomic E-state index is 0.174. The predicted molar refractivity (Wildman–Crippen MR) is 118 cm³/mol. The van der Waals surface area contributed by atoms with Gasteiger partial charge in [0.05, 0.1) is 0 Å². The number of rotatable bonds is 7. The number of carbonyl (C=O) groups is 1. The number of likely N-dealkylation sites (tertiary alicyclic amines) is 1. The van der Waals surface area contributed by atoms with E-state index >= 15 is 0 Å². The third-order valence-electron chi connectivity index (χ3n) is 5.41. The van der Waals surface area contributed by atoms with Gasteiger partial charge in [-0.3, -0.25) is 4.79 Å². The summed E-state index contributed by atoms with van der Waals surface area (Å²) < 4.78 is 0. The average molecular weight is 417 g/mol. The lowest BCUT2D eigenvalue weighted by Crippen LogP contribution is -2.43. The van der Waals surface area contributed by atoms with Gasteiger partial charge in [-0.1, -0.05) is 48.5 Å². The Balaban J connectivity index is 1.66. The van der Waals surface area contributed by atoms with E-state index in [0.717, 1.165) is 42.3 Å². The van der Waals surface area contributed by atoms with Crippen molar-refractivity contribution >= 4 is 29.3 Å². The van der Waals surface area contributed by atoms with Crippen LogP contribution in [0.25, 0.3) is 0 Å². The summed E-state index contributed by atoms with van der Waals surface area (Å²) in [4.78, 5) is 17.4. The van der Waals surface area contributed by atoms with Crippen LogP contribution in [0, 0.1) is 0 Å². The zero-order valence-corrected chi connectivity index (χ0v) is 18.2. The summed E-state index contributed by atoms with van der Waals surface area (Å²) in [6.07, 6.45) is 3.57. The second-order valence-corrected chi connectivity index (χ2v) is 9.10. The molecule has 3 nitrogen and oxygen atoms in total. The summed E-state index contributed by atoms with van der Waals surface area (Å²) in [5, 5.41) is 4.01. The van der Waals surface area contributed by atoms with E-state index in [4.69, 9.17) is 11.6 Å². The topological polar surface area (TPSA) is 32.3 Å². The number of carbonyl (C=O) groups excluding carboxylic acids is 1. The van der Waals surface area contributed by atoms with Gasteiger partial charge in [0.1, 0.15) is 0 Å². The van der Waals surface area contributed by atoms with Crippen LogP contribution in [0.4, 0.5) is 0 Å². The molecule has 1 aliphatic heterocycles. The van der Waals surface area contributed by atoms with Crippen molar-refractivity contribution in [3.8, 4) is 0 Å². The van der Waals surface area contributed by atoms with E-state index in [9.17, 15) is 4.79 Å². The molecular formula is C23H29ClN2OS. The first-order valence-electron chi connectivity index (χ1n) is 10.1. The number of benzene rings is 2. The van der Waals surface area contributed by atoms with Crippen molar-refractivity contribution in [1.29, 1.82) is 0 Å². The Kier molecular flexibility index (Phi) is 7.83. The maximum atomic E-state index is 12.7. The third kappa shape index (κ3) is 6.00. The molecule has 0 aliphatic carbocycles.